The molecule has 3 N–H and O–H groups in total. The van der Waals surface area contributed by atoms with Gasteiger partial charge in [-0.25, -0.2) is 0 Å². The van der Waals surface area contributed by atoms with Crippen molar-refractivity contribution in [2.75, 3.05) is 0 Å². The van der Waals surface area contributed by atoms with E-state index < -0.39 is 0 Å². The zero-order chi connectivity index (χ0) is 12.3. The molecule has 0 radical (unpaired) electrons. The molecule has 17 heavy (non-hydrogen) atoms. The SMILES string of the molecule is CCC(CC1CC1)NCc1cccc(O)c1O. The Hall–Kier alpha value is -1.22. The summed E-state index contributed by atoms with van der Waals surface area (Å²) < 4.78 is 0. The number of phenolic OH excluding ortho intramolecular Hbond substituents is 2. The van der Waals surface area contributed by atoms with E-state index in [1.54, 1.807) is 6.07 Å². The minimum Gasteiger partial charge on any atom is -0.504 e. The van der Waals surface area contributed by atoms with E-state index in [0.717, 1.165) is 17.9 Å². The van der Waals surface area contributed by atoms with Crippen molar-refractivity contribution in [2.24, 2.45) is 5.92 Å². The van der Waals surface area contributed by atoms with Gasteiger partial charge in [0.2, 0.25) is 0 Å². The lowest BCUT2D eigenvalue weighted by atomic mass is 10.1. The Labute approximate surface area is 102 Å². The molecule has 0 saturated heterocycles. The minimum absolute atomic E-state index is 0.00118. The lowest BCUT2D eigenvalue weighted by Crippen LogP contribution is -2.28. The molecule has 0 amide bonds. The summed E-state index contributed by atoms with van der Waals surface area (Å²) >= 11 is 0. The van der Waals surface area contributed by atoms with Gasteiger partial charge in [0, 0.05) is 18.2 Å². The van der Waals surface area contributed by atoms with E-state index in [2.05, 4.69) is 12.2 Å². The molecule has 1 atom stereocenters. The second-order valence-corrected chi connectivity index (χ2v) is 4.95. The standard InChI is InChI=1S/C14H21NO2/c1-2-12(8-10-6-7-10)15-9-11-4-3-5-13(16)14(11)17/h3-5,10,12,15-17H,2,6-9H2,1H3. The van der Waals surface area contributed by atoms with Gasteiger partial charge in [-0.05, 0) is 24.8 Å². The molecule has 0 spiro atoms. The van der Waals surface area contributed by atoms with Gasteiger partial charge >= 0.3 is 0 Å². The molecule has 1 aliphatic rings. The number of para-hydroxylation sites is 1. The van der Waals surface area contributed by atoms with Gasteiger partial charge in [0.1, 0.15) is 0 Å². The summed E-state index contributed by atoms with van der Waals surface area (Å²) in [5.41, 5.74) is 0.763. The molecule has 3 nitrogen and oxygen atoms in total. The Morgan fingerprint density at radius 3 is 2.76 bits per heavy atom. The summed E-state index contributed by atoms with van der Waals surface area (Å²) in [5, 5.41) is 22.5. The molecular weight excluding hydrogens is 214 g/mol. The quantitative estimate of drug-likeness (QED) is 0.664. The molecule has 1 fully saturated rings. The number of benzene rings is 1. The monoisotopic (exact) mass is 235 g/mol. The van der Waals surface area contributed by atoms with Crippen molar-refractivity contribution in [3.63, 3.8) is 0 Å². The third-order valence-electron chi connectivity index (χ3n) is 3.49. The Kier molecular flexibility index (Phi) is 3.89. The normalized spacial score (nSPS) is 17.0. The second kappa shape index (κ2) is 5.41. The van der Waals surface area contributed by atoms with Crippen LogP contribution in [0, 0.1) is 5.92 Å². The van der Waals surface area contributed by atoms with Gasteiger partial charge in [0.05, 0.1) is 0 Å². The maximum Gasteiger partial charge on any atom is 0.161 e. The maximum atomic E-state index is 9.69. The number of nitrogens with one attached hydrogen (secondary N) is 1. The molecule has 1 aromatic carbocycles. The number of aromatic hydroxyl groups is 2. The molecule has 1 aromatic rings. The van der Waals surface area contributed by atoms with Crippen LogP contribution >= 0.6 is 0 Å². The van der Waals surface area contributed by atoms with Gasteiger partial charge in [0.15, 0.2) is 11.5 Å². The molecule has 94 valence electrons. The smallest absolute Gasteiger partial charge is 0.161 e. The summed E-state index contributed by atoms with van der Waals surface area (Å²) in [6, 6.07) is 5.62. The first-order valence-electron chi connectivity index (χ1n) is 6.44. The van der Waals surface area contributed by atoms with Crippen LogP contribution in [0.25, 0.3) is 0 Å². The topological polar surface area (TPSA) is 52.5 Å². The number of hydrogen-bond donors (Lipinski definition) is 3. The molecule has 0 heterocycles. The predicted octanol–water partition coefficient (Wildman–Crippen LogP) is 2.77. The van der Waals surface area contributed by atoms with Crippen molar-refractivity contribution in [3.05, 3.63) is 23.8 Å². The van der Waals surface area contributed by atoms with Crippen LogP contribution in [-0.2, 0) is 6.54 Å². The van der Waals surface area contributed by atoms with Crippen LogP contribution in [0.15, 0.2) is 18.2 Å². The van der Waals surface area contributed by atoms with Crippen LogP contribution in [0.4, 0.5) is 0 Å². The number of rotatable bonds is 6. The summed E-state index contributed by atoms with van der Waals surface area (Å²) in [7, 11) is 0. The van der Waals surface area contributed by atoms with Crippen LogP contribution < -0.4 is 5.32 Å². The van der Waals surface area contributed by atoms with Crippen molar-refractivity contribution in [1.29, 1.82) is 0 Å². The Bertz CT molecular complexity index is 374. The van der Waals surface area contributed by atoms with Gasteiger partial charge in [-0.2, -0.15) is 0 Å². The second-order valence-electron chi connectivity index (χ2n) is 4.95. The summed E-state index contributed by atoms with van der Waals surface area (Å²) in [5.74, 6) is 0.867. The molecule has 0 bridgehead atoms. The van der Waals surface area contributed by atoms with E-state index in [0.29, 0.717) is 12.6 Å². The van der Waals surface area contributed by atoms with Crippen molar-refractivity contribution in [2.45, 2.75) is 45.2 Å². The molecule has 0 aliphatic heterocycles. The Balaban J connectivity index is 1.88. The molecule has 1 saturated carbocycles. The first kappa shape index (κ1) is 12.2. The van der Waals surface area contributed by atoms with E-state index in [4.69, 9.17) is 0 Å². The van der Waals surface area contributed by atoms with E-state index in [9.17, 15) is 10.2 Å². The van der Waals surface area contributed by atoms with Gasteiger partial charge in [0.25, 0.3) is 0 Å². The highest BCUT2D eigenvalue weighted by atomic mass is 16.3. The number of phenols is 2. The van der Waals surface area contributed by atoms with E-state index in [1.807, 2.05) is 6.07 Å². The maximum absolute atomic E-state index is 9.69. The number of hydrogen-bond acceptors (Lipinski definition) is 3. The predicted molar refractivity (Wildman–Crippen MR) is 68.0 cm³/mol. The largest absolute Gasteiger partial charge is 0.504 e. The third-order valence-corrected chi connectivity index (χ3v) is 3.49. The molecule has 1 unspecified atom stereocenters. The molecule has 0 aromatic heterocycles. The lowest BCUT2D eigenvalue weighted by molar-refractivity contribution is 0.391. The Morgan fingerprint density at radius 1 is 1.35 bits per heavy atom. The first-order valence-corrected chi connectivity index (χ1v) is 6.44. The first-order chi connectivity index (χ1) is 8.20. The van der Waals surface area contributed by atoms with Crippen LogP contribution in [0.2, 0.25) is 0 Å². The van der Waals surface area contributed by atoms with Crippen LogP contribution in [0.1, 0.15) is 38.2 Å². The molecule has 3 heteroatoms. The van der Waals surface area contributed by atoms with E-state index in [-0.39, 0.29) is 11.5 Å². The van der Waals surface area contributed by atoms with Crippen molar-refractivity contribution < 1.29 is 10.2 Å². The van der Waals surface area contributed by atoms with Crippen LogP contribution in [0.5, 0.6) is 11.5 Å². The third kappa shape index (κ3) is 3.37. The zero-order valence-electron chi connectivity index (χ0n) is 10.3. The van der Waals surface area contributed by atoms with E-state index in [1.165, 1.54) is 25.3 Å². The lowest BCUT2D eigenvalue weighted by Gasteiger charge is -2.17. The van der Waals surface area contributed by atoms with Crippen LogP contribution in [0.3, 0.4) is 0 Å². The summed E-state index contributed by atoms with van der Waals surface area (Å²) in [6.07, 6.45) is 5.08. The van der Waals surface area contributed by atoms with E-state index >= 15 is 0 Å². The van der Waals surface area contributed by atoms with Gasteiger partial charge < -0.3 is 15.5 Å². The average molecular weight is 235 g/mol. The highest BCUT2D eigenvalue weighted by molar-refractivity contribution is 5.44. The highest BCUT2D eigenvalue weighted by Gasteiger charge is 2.24. The van der Waals surface area contributed by atoms with Crippen LogP contribution in [-0.4, -0.2) is 16.3 Å². The van der Waals surface area contributed by atoms with Gasteiger partial charge in [-0.1, -0.05) is 31.9 Å². The highest BCUT2D eigenvalue weighted by Crippen LogP contribution is 2.34. The van der Waals surface area contributed by atoms with Crippen molar-refractivity contribution >= 4 is 0 Å². The van der Waals surface area contributed by atoms with Gasteiger partial charge in [-0.15, -0.1) is 0 Å². The summed E-state index contributed by atoms with van der Waals surface area (Å²) in [4.78, 5) is 0. The van der Waals surface area contributed by atoms with Crippen molar-refractivity contribution in [3.8, 4) is 11.5 Å². The molecular formula is C14H21NO2. The average Bonchev–Trinajstić information content (AvgIpc) is 3.13. The fourth-order valence-corrected chi connectivity index (χ4v) is 2.12. The Morgan fingerprint density at radius 2 is 2.12 bits per heavy atom. The summed E-state index contributed by atoms with van der Waals surface area (Å²) in [6.45, 7) is 2.80. The van der Waals surface area contributed by atoms with Gasteiger partial charge in [-0.3, -0.25) is 0 Å². The molecule has 1 aliphatic carbocycles. The minimum atomic E-state index is -0.0421. The molecule has 2 rings (SSSR count). The fraction of sp³-hybridized carbons (Fsp3) is 0.571. The fourth-order valence-electron chi connectivity index (χ4n) is 2.12. The van der Waals surface area contributed by atoms with Crippen molar-refractivity contribution in [1.82, 2.24) is 5.32 Å². The zero-order valence-corrected chi connectivity index (χ0v) is 10.3.